The molecule has 2 atom stereocenters. The smallest absolute Gasteiger partial charge is 0.323 e. The summed E-state index contributed by atoms with van der Waals surface area (Å²) < 4.78 is 10.3. The van der Waals surface area contributed by atoms with Gasteiger partial charge in [-0.2, -0.15) is 0 Å². The fourth-order valence-corrected chi connectivity index (χ4v) is 2.81. The number of furan rings is 1. The molecular weight excluding hydrogens is 258 g/mol. The van der Waals surface area contributed by atoms with Crippen molar-refractivity contribution in [3.8, 4) is 0 Å². The highest BCUT2D eigenvalue weighted by molar-refractivity contribution is 5.81. The van der Waals surface area contributed by atoms with Crippen LogP contribution in [0.4, 0.5) is 0 Å². The van der Waals surface area contributed by atoms with Gasteiger partial charge in [0.25, 0.3) is 0 Å². The second-order valence-corrected chi connectivity index (χ2v) is 5.12. The minimum atomic E-state index is -0.489. The number of aliphatic hydroxyl groups is 1. The standard InChI is InChI=1S/C15H17NO4/c1-19-15(18)13-6-11(17)8-16(13)7-10-9-20-14-5-3-2-4-12(10)14/h2-5,9,11,13,17H,6-8H2,1H3/t11-,13-/m1/s1. The Balaban J connectivity index is 1.84. The highest BCUT2D eigenvalue weighted by Gasteiger charge is 2.36. The summed E-state index contributed by atoms with van der Waals surface area (Å²) in [5.41, 5.74) is 1.85. The third-order valence-corrected chi connectivity index (χ3v) is 3.79. The van der Waals surface area contributed by atoms with Crippen LogP contribution in [0.1, 0.15) is 12.0 Å². The van der Waals surface area contributed by atoms with E-state index in [1.54, 1.807) is 6.26 Å². The number of β-amino-alcohol motifs (C(OH)–C–C–N with tert-alkyl or cyclic N) is 1. The first-order valence-corrected chi connectivity index (χ1v) is 6.64. The highest BCUT2D eigenvalue weighted by Crippen LogP contribution is 2.26. The SMILES string of the molecule is COC(=O)[C@H]1C[C@@H](O)CN1Cc1coc2ccccc12. The van der Waals surface area contributed by atoms with Gasteiger partial charge in [0.15, 0.2) is 0 Å². The molecule has 5 heteroatoms. The molecule has 0 unspecified atom stereocenters. The Morgan fingerprint density at radius 1 is 1.50 bits per heavy atom. The van der Waals surface area contributed by atoms with Crippen LogP contribution < -0.4 is 0 Å². The number of carbonyl (C=O) groups is 1. The lowest BCUT2D eigenvalue weighted by Gasteiger charge is -2.21. The number of ether oxygens (including phenoxy) is 1. The number of hydrogen-bond donors (Lipinski definition) is 1. The molecular formula is C15H17NO4. The third-order valence-electron chi connectivity index (χ3n) is 3.79. The molecule has 3 rings (SSSR count). The van der Waals surface area contributed by atoms with Gasteiger partial charge in [0.1, 0.15) is 11.6 Å². The molecule has 106 valence electrons. The van der Waals surface area contributed by atoms with Gasteiger partial charge >= 0.3 is 5.97 Å². The van der Waals surface area contributed by atoms with Gasteiger partial charge in [-0.3, -0.25) is 9.69 Å². The van der Waals surface area contributed by atoms with E-state index in [0.717, 1.165) is 16.5 Å². The molecule has 20 heavy (non-hydrogen) atoms. The molecule has 1 aromatic heterocycles. The van der Waals surface area contributed by atoms with Crippen molar-refractivity contribution < 1.29 is 19.1 Å². The van der Waals surface area contributed by atoms with Crippen molar-refractivity contribution in [1.82, 2.24) is 4.90 Å². The van der Waals surface area contributed by atoms with Crippen molar-refractivity contribution in [2.24, 2.45) is 0 Å². The first-order chi connectivity index (χ1) is 9.69. The molecule has 2 heterocycles. The van der Waals surface area contributed by atoms with Crippen molar-refractivity contribution in [3.63, 3.8) is 0 Å². The molecule has 0 radical (unpaired) electrons. The van der Waals surface area contributed by atoms with Gasteiger partial charge in [0, 0.05) is 30.5 Å². The molecule has 2 aromatic rings. The number of para-hydroxylation sites is 1. The lowest BCUT2D eigenvalue weighted by Crippen LogP contribution is -2.36. The number of methoxy groups -OCH3 is 1. The van der Waals surface area contributed by atoms with Crippen molar-refractivity contribution in [1.29, 1.82) is 0 Å². The number of aliphatic hydroxyl groups excluding tert-OH is 1. The normalized spacial score (nSPS) is 23.3. The van der Waals surface area contributed by atoms with E-state index in [1.165, 1.54) is 7.11 Å². The molecule has 1 aliphatic heterocycles. The van der Waals surface area contributed by atoms with Gasteiger partial charge in [-0.1, -0.05) is 18.2 Å². The largest absolute Gasteiger partial charge is 0.468 e. The van der Waals surface area contributed by atoms with E-state index in [2.05, 4.69) is 0 Å². The third kappa shape index (κ3) is 2.30. The fourth-order valence-electron chi connectivity index (χ4n) is 2.81. The molecule has 0 amide bonds. The van der Waals surface area contributed by atoms with Crippen molar-refractivity contribution in [2.45, 2.75) is 25.1 Å². The second-order valence-electron chi connectivity index (χ2n) is 5.12. The Morgan fingerprint density at radius 3 is 3.10 bits per heavy atom. The van der Waals surface area contributed by atoms with Crippen LogP contribution in [0.2, 0.25) is 0 Å². The first-order valence-electron chi connectivity index (χ1n) is 6.64. The Morgan fingerprint density at radius 2 is 2.30 bits per heavy atom. The Kier molecular flexibility index (Phi) is 3.46. The summed E-state index contributed by atoms with van der Waals surface area (Å²) >= 11 is 0. The summed E-state index contributed by atoms with van der Waals surface area (Å²) in [4.78, 5) is 13.7. The van der Waals surface area contributed by atoms with Crippen molar-refractivity contribution in [3.05, 3.63) is 36.1 Å². The summed E-state index contributed by atoms with van der Waals surface area (Å²) in [6, 6.07) is 7.40. The van der Waals surface area contributed by atoms with Crippen LogP contribution in [-0.4, -0.2) is 41.8 Å². The highest BCUT2D eigenvalue weighted by atomic mass is 16.5. The van der Waals surface area contributed by atoms with Crippen molar-refractivity contribution >= 4 is 16.9 Å². The van der Waals surface area contributed by atoms with Crippen molar-refractivity contribution in [2.75, 3.05) is 13.7 Å². The topological polar surface area (TPSA) is 62.9 Å². The van der Waals surface area contributed by atoms with E-state index in [0.29, 0.717) is 19.5 Å². The number of nitrogens with zero attached hydrogens (tertiary/aromatic N) is 1. The first kappa shape index (κ1) is 13.1. The van der Waals surface area contributed by atoms with E-state index in [-0.39, 0.29) is 12.0 Å². The van der Waals surface area contributed by atoms with Gasteiger partial charge in [-0.15, -0.1) is 0 Å². The molecule has 1 aliphatic rings. The summed E-state index contributed by atoms with van der Waals surface area (Å²) in [6.45, 7) is 1.03. The molecule has 0 spiro atoms. The van der Waals surface area contributed by atoms with Crippen LogP contribution in [0.15, 0.2) is 34.9 Å². The fraction of sp³-hybridized carbons (Fsp3) is 0.400. The predicted octanol–water partition coefficient (Wildman–Crippen LogP) is 1.54. The average Bonchev–Trinajstić information content (AvgIpc) is 3.03. The van der Waals surface area contributed by atoms with E-state index in [9.17, 15) is 9.90 Å². The Bertz CT molecular complexity index is 621. The molecule has 5 nitrogen and oxygen atoms in total. The number of benzene rings is 1. The molecule has 1 fully saturated rings. The van der Waals surface area contributed by atoms with Crippen LogP contribution in [0.5, 0.6) is 0 Å². The van der Waals surface area contributed by atoms with Crippen LogP contribution in [0.25, 0.3) is 11.0 Å². The maximum absolute atomic E-state index is 11.8. The summed E-state index contributed by atoms with van der Waals surface area (Å²) in [6.07, 6.45) is 1.64. The number of rotatable bonds is 3. The number of hydrogen-bond acceptors (Lipinski definition) is 5. The van der Waals surface area contributed by atoms with Crippen LogP contribution >= 0.6 is 0 Å². The van der Waals surface area contributed by atoms with Gasteiger partial charge in [-0.05, 0) is 6.07 Å². The Labute approximate surface area is 116 Å². The van der Waals surface area contributed by atoms with Gasteiger partial charge in [0.05, 0.1) is 19.5 Å². The van der Waals surface area contributed by atoms with Gasteiger partial charge < -0.3 is 14.3 Å². The predicted molar refractivity (Wildman–Crippen MR) is 73.1 cm³/mol. The van der Waals surface area contributed by atoms with E-state index in [4.69, 9.17) is 9.15 Å². The quantitative estimate of drug-likeness (QED) is 0.861. The maximum Gasteiger partial charge on any atom is 0.323 e. The van der Waals surface area contributed by atoms with Crippen LogP contribution in [0, 0.1) is 0 Å². The molecule has 0 saturated carbocycles. The molecule has 1 N–H and O–H groups in total. The average molecular weight is 275 g/mol. The molecule has 1 saturated heterocycles. The van der Waals surface area contributed by atoms with E-state index < -0.39 is 6.10 Å². The Hall–Kier alpha value is -1.85. The summed E-state index contributed by atoms with van der Waals surface area (Å²) in [5, 5.41) is 10.8. The van der Waals surface area contributed by atoms with Crippen LogP contribution in [-0.2, 0) is 16.1 Å². The number of esters is 1. The molecule has 0 aliphatic carbocycles. The maximum atomic E-state index is 11.8. The minimum Gasteiger partial charge on any atom is -0.468 e. The van der Waals surface area contributed by atoms with E-state index in [1.807, 2.05) is 29.2 Å². The summed E-state index contributed by atoms with van der Waals surface area (Å²) in [5.74, 6) is -0.297. The molecule has 1 aromatic carbocycles. The minimum absolute atomic E-state index is 0.297. The second kappa shape index (κ2) is 5.26. The lowest BCUT2D eigenvalue weighted by molar-refractivity contribution is -0.146. The van der Waals surface area contributed by atoms with Gasteiger partial charge in [-0.25, -0.2) is 0 Å². The number of carbonyl (C=O) groups excluding carboxylic acids is 1. The lowest BCUT2D eigenvalue weighted by atomic mass is 10.1. The van der Waals surface area contributed by atoms with E-state index >= 15 is 0 Å². The van der Waals surface area contributed by atoms with Gasteiger partial charge in [0.2, 0.25) is 0 Å². The van der Waals surface area contributed by atoms with Crippen LogP contribution in [0.3, 0.4) is 0 Å². The zero-order valence-electron chi connectivity index (χ0n) is 11.3. The zero-order valence-corrected chi connectivity index (χ0v) is 11.3. The molecule has 0 bridgehead atoms. The summed E-state index contributed by atoms with van der Waals surface area (Å²) in [7, 11) is 1.37. The zero-order chi connectivity index (χ0) is 14.1. The number of fused-ring (bicyclic) bond motifs is 1. The number of likely N-dealkylation sites (tertiary alicyclic amines) is 1. The monoisotopic (exact) mass is 275 g/mol.